The number of ketones is 1. The SMILES string of the molecule is C1COCCN1.CCC(Cc1ccccc1)(C(=O)Cc1ccccc1)N(C)C. The van der Waals surface area contributed by atoms with E-state index in [1.807, 2.05) is 62.6 Å². The van der Waals surface area contributed by atoms with E-state index >= 15 is 0 Å². The smallest absolute Gasteiger partial charge is 0.157 e. The number of hydrogen-bond donors (Lipinski definition) is 1. The summed E-state index contributed by atoms with van der Waals surface area (Å²) in [5.74, 6) is 0.287. The summed E-state index contributed by atoms with van der Waals surface area (Å²) < 4.78 is 5.01. The van der Waals surface area contributed by atoms with Crippen LogP contribution in [-0.2, 0) is 22.4 Å². The number of Topliss-reactive ketones (excluding diaryl/α,β-unsaturated/α-hetero) is 1. The molecule has 2 aromatic rings. The Balaban J connectivity index is 0.000000397. The Morgan fingerprint density at radius 3 is 1.89 bits per heavy atom. The van der Waals surface area contributed by atoms with Crippen molar-refractivity contribution in [2.75, 3.05) is 40.4 Å². The molecule has 0 aliphatic carbocycles. The van der Waals surface area contributed by atoms with Crippen LogP contribution in [0, 0.1) is 0 Å². The van der Waals surface area contributed by atoms with Crippen molar-refractivity contribution in [2.24, 2.45) is 0 Å². The molecular formula is C24H34N2O2. The van der Waals surface area contributed by atoms with Crippen LogP contribution in [0.3, 0.4) is 0 Å². The van der Waals surface area contributed by atoms with E-state index in [-0.39, 0.29) is 5.78 Å². The molecule has 1 aliphatic rings. The Labute approximate surface area is 169 Å². The van der Waals surface area contributed by atoms with E-state index in [4.69, 9.17) is 4.74 Å². The maximum atomic E-state index is 13.1. The number of likely N-dealkylation sites (N-methyl/N-ethyl adjacent to an activating group) is 1. The number of benzene rings is 2. The maximum absolute atomic E-state index is 13.1. The van der Waals surface area contributed by atoms with Gasteiger partial charge in [-0.3, -0.25) is 9.69 Å². The maximum Gasteiger partial charge on any atom is 0.157 e. The Morgan fingerprint density at radius 2 is 1.50 bits per heavy atom. The highest BCUT2D eigenvalue weighted by molar-refractivity contribution is 5.90. The average Bonchev–Trinajstić information content (AvgIpc) is 2.75. The number of rotatable bonds is 7. The van der Waals surface area contributed by atoms with Crippen molar-refractivity contribution >= 4 is 5.78 Å². The van der Waals surface area contributed by atoms with E-state index in [2.05, 4.69) is 29.3 Å². The van der Waals surface area contributed by atoms with Gasteiger partial charge in [0, 0.05) is 19.5 Å². The molecule has 0 bridgehead atoms. The van der Waals surface area contributed by atoms with Crippen LogP contribution in [0.5, 0.6) is 0 Å². The Morgan fingerprint density at radius 1 is 0.964 bits per heavy atom. The lowest BCUT2D eigenvalue weighted by Gasteiger charge is -2.38. The Bertz CT molecular complexity index is 673. The third kappa shape index (κ3) is 6.55. The number of ether oxygens (including phenoxy) is 1. The fraction of sp³-hybridized carbons (Fsp3) is 0.458. The molecular weight excluding hydrogens is 348 g/mol. The van der Waals surface area contributed by atoms with Gasteiger partial charge in [-0.25, -0.2) is 0 Å². The zero-order valence-electron chi connectivity index (χ0n) is 17.5. The zero-order chi connectivity index (χ0) is 20.2. The number of carbonyl (C=O) groups is 1. The molecule has 0 saturated carbocycles. The molecule has 1 heterocycles. The lowest BCUT2D eigenvalue weighted by molar-refractivity contribution is -0.129. The minimum absolute atomic E-state index is 0.287. The second-order valence-electron chi connectivity index (χ2n) is 7.39. The molecule has 4 heteroatoms. The summed E-state index contributed by atoms with van der Waals surface area (Å²) in [5.41, 5.74) is 1.84. The van der Waals surface area contributed by atoms with Crippen LogP contribution in [0.2, 0.25) is 0 Å². The molecule has 0 spiro atoms. The third-order valence-corrected chi connectivity index (χ3v) is 5.35. The van der Waals surface area contributed by atoms with Crippen LogP contribution in [0.25, 0.3) is 0 Å². The van der Waals surface area contributed by atoms with Gasteiger partial charge in [-0.05, 0) is 38.1 Å². The summed E-state index contributed by atoms with van der Waals surface area (Å²) in [6.45, 7) is 5.94. The van der Waals surface area contributed by atoms with Gasteiger partial charge in [-0.15, -0.1) is 0 Å². The molecule has 1 fully saturated rings. The highest BCUT2D eigenvalue weighted by Gasteiger charge is 2.38. The number of nitrogens with one attached hydrogen (secondary N) is 1. The fourth-order valence-corrected chi connectivity index (χ4v) is 3.54. The molecule has 1 unspecified atom stereocenters. The molecule has 0 amide bonds. The average molecular weight is 383 g/mol. The Hall–Kier alpha value is -2.01. The number of nitrogens with zero attached hydrogens (tertiary/aromatic N) is 1. The van der Waals surface area contributed by atoms with E-state index in [0.29, 0.717) is 6.42 Å². The number of carbonyl (C=O) groups excluding carboxylic acids is 1. The van der Waals surface area contributed by atoms with Gasteiger partial charge in [0.25, 0.3) is 0 Å². The molecule has 0 radical (unpaired) electrons. The fourth-order valence-electron chi connectivity index (χ4n) is 3.54. The van der Waals surface area contributed by atoms with Crippen LogP contribution in [0.1, 0.15) is 24.5 Å². The van der Waals surface area contributed by atoms with Gasteiger partial charge in [0.2, 0.25) is 0 Å². The summed E-state index contributed by atoms with van der Waals surface area (Å²) in [6.07, 6.45) is 2.04. The van der Waals surface area contributed by atoms with Crippen molar-refractivity contribution in [3.63, 3.8) is 0 Å². The number of morpholine rings is 1. The van der Waals surface area contributed by atoms with Gasteiger partial charge >= 0.3 is 0 Å². The van der Waals surface area contributed by atoms with E-state index < -0.39 is 5.54 Å². The second-order valence-corrected chi connectivity index (χ2v) is 7.39. The summed E-state index contributed by atoms with van der Waals surface area (Å²) in [7, 11) is 4.02. The molecule has 1 N–H and O–H groups in total. The minimum atomic E-state index is -0.447. The van der Waals surface area contributed by atoms with E-state index in [1.165, 1.54) is 5.56 Å². The predicted octanol–water partition coefficient (Wildman–Crippen LogP) is 3.36. The van der Waals surface area contributed by atoms with Crippen LogP contribution in [0.4, 0.5) is 0 Å². The minimum Gasteiger partial charge on any atom is -0.379 e. The first kappa shape index (κ1) is 22.3. The second kappa shape index (κ2) is 11.7. The molecule has 152 valence electrons. The van der Waals surface area contributed by atoms with Crippen molar-refractivity contribution in [3.05, 3.63) is 71.8 Å². The van der Waals surface area contributed by atoms with Gasteiger partial charge in [-0.2, -0.15) is 0 Å². The molecule has 1 saturated heterocycles. The summed E-state index contributed by atoms with van der Waals surface area (Å²) in [4.78, 5) is 15.2. The normalized spacial score (nSPS) is 16.0. The summed E-state index contributed by atoms with van der Waals surface area (Å²) in [5, 5.41) is 3.16. The van der Waals surface area contributed by atoms with E-state index in [1.54, 1.807) is 0 Å². The van der Waals surface area contributed by atoms with Crippen LogP contribution < -0.4 is 5.32 Å². The highest BCUT2D eigenvalue weighted by atomic mass is 16.5. The molecule has 4 nitrogen and oxygen atoms in total. The van der Waals surface area contributed by atoms with Gasteiger partial charge in [-0.1, -0.05) is 67.6 Å². The molecule has 2 aromatic carbocycles. The molecule has 3 rings (SSSR count). The van der Waals surface area contributed by atoms with Gasteiger partial charge < -0.3 is 10.1 Å². The number of hydrogen-bond acceptors (Lipinski definition) is 4. The lowest BCUT2D eigenvalue weighted by Crippen LogP contribution is -2.53. The summed E-state index contributed by atoms with van der Waals surface area (Å²) >= 11 is 0. The van der Waals surface area contributed by atoms with E-state index in [9.17, 15) is 4.79 Å². The van der Waals surface area contributed by atoms with Crippen LogP contribution >= 0.6 is 0 Å². The largest absolute Gasteiger partial charge is 0.379 e. The van der Waals surface area contributed by atoms with Gasteiger partial charge in [0.05, 0.1) is 18.8 Å². The predicted molar refractivity (Wildman–Crippen MR) is 116 cm³/mol. The quantitative estimate of drug-likeness (QED) is 0.797. The highest BCUT2D eigenvalue weighted by Crippen LogP contribution is 2.26. The van der Waals surface area contributed by atoms with Crippen molar-refractivity contribution < 1.29 is 9.53 Å². The van der Waals surface area contributed by atoms with Crippen molar-refractivity contribution in [1.29, 1.82) is 0 Å². The first-order valence-corrected chi connectivity index (χ1v) is 10.2. The van der Waals surface area contributed by atoms with Gasteiger partial charge in [0.1, 0.15) is 0 Å². The lowest BCUT2D eigenvalue weighted by atomic mass is 9.80. The summed E-state index contributed by atoms with van der Waals surface area (Å²) in [6, 6.07) is 20.3. The van der Waals surface area contributed by atoms with Crippen LogP contribution in [-0.4, -0.2) is 56.6 Å². The van der Waals surface area contributed by atoms with Gasteiger partial charge in [0.15, 0.2) is 5.78 Å². The zero-order valence-corrected chi connectivity index (χ0v) is 17.5. The van der Waals surface area contributed by atoms with Crippen molar-refractivity contribution in [3.8, 4) is 0 Å². The van der Waals surface area contributed by atoms with Crippen LogP contribution in [0.15, 0.2) is 60.7 Å². The molecule has 1 aliphatic heterocycles. The molecule has 1 atom stereocenters. The van der Waals surface area contributed by atoms with Crippen molar-refractivity contribution in [2.45, 2.75) is 31.7 Å². The monoisotopic (exact) mass is 382 g/mol. The Kier molecular flexibility index (Phi) is 9.35. The first-order valence-electron chi connectivity index (χ1n) is 10.2. The topological polar surface area (TPSA) is 41.6 Å². The molecule has 0 aromatic heterocycles. The van der Waals surface area contributed by atoms with E-state index in [0.717, 1.165) is 44.7 Å². The standard InChI is InChI=1S/C20H25NO.C4H9NO/c1-4-20(21(2)3,16-18-13-9-6-10-14-18)19(22)15-17-11-7-5-8-12-17;1-3-6-4-2-5-1/h5-14H,4,15-16H2,1-3H3;5H,1-4H2. The third-order valence-electron chi connectivity index (χ3n) is 5.35. The first-order chi connectivity index (χ1) is 13.6. The van der Waals surface area contributed by atoms with Crippen molar-refractivity contribution in [1.82, 2.24) is 10.2 Å². The molecule has 28 heavy (non-hydrogen) atoms.